The van der Waals surface area contributed by atoms with E-state index in [1.54, 1.807) is 24.4 Å². The van der Waals surface area contributed by atoms with Gasteiger partial charge in [-0.1, -0.05) is 30.3 Å². The highest BCUT2D eigenvalue weighted by molar-refractivity contribution is 7.09. The molecule has 3 rings (SSSR count). The second-order valence-electron chi connectivity index (χ2n) is 8.37. The van der Waals surface area contributed by atoms with Gasteiger partial charge in [0, 0.05) is 38.1 Å². The molecule has 0 N–H and O–H groups in total. The van der Waals surface area contributed by atoms with Gasteiger partial charge in [-0.25, -0.2) is 4.98 Å². The first-order valence-corrected chi connectivity index (χ1v) is 12.0. The summed E-state index contributed by atoms with van der Waals surface area (Å²) in [6.45, 7) is 3.58. The van der Waals surface area contributed by atoms with E-state index in [4.69, 9.17) is 0 Å². The molecule has 0 aliphatic carbocycles. The normalized spacial score (nSPS) is 12.4. The van der Waals surface area contributed by atoms with Crippen molar-refractivity contribution < 1.29 is 22.8 Å². The standard InChI is InChI=1S/C24H28F3N5O2S/c1-16-13-20(24(25,26)27)29-32(16)14-22(33)30(3)12-8-11-21-28-19(15-35-21)23(34)31(4)17(2)18-9-6-5-7-10-18/h5-7,9-10,13,15,17H,8,11-12,14H2,1-4H3/t17-/m1/s1. The molecule has 0 spiro atoms. The van der Waals surface area contributed by atoms with Gasteiger partial charge in [0.2, 0.25) is 5.91 Å². The summed E-state index contributed by atoms with van der Waals surface area (Å²) in [4.78, 5) is 32.9. The van der Waals surface area contributed by atoms with Crippen molar-refractivity contribution >= 4 is 23.2 Å². The summed E-state index contributed by atoms with van der Waals surface area (Å²) in [7, 11) is 3.35. The molecule has 0 radical (unpaired) electrons. The molecular formula is C24H28F3N5O2S. The number of halogens is 3. The monoisotopic (exact) mass is 507 g/mol. The Morgan fingerprint density at radius 2 is 1.86 bits per heavy atom. The molecule has 1 atom stereocenters. The number of hydrogen-bond donors (Lipinski definition) is 0. The Labute approximate surface area is 206 Å². The average molecular weight is 508 g/mol. The number of amides is 2. The lowest BCUT2D eigenvalue weighted by atomic mass is 10.1. The smallest absolute Gasteiger partial charge is 0.344 e. The van der Waals surface area contributed by atoms with Gasteiger partial charge >= 0.3 is 6.18 Å². The highest BCUT2D eigenvalue weighted by Crippen LogP contribution is 2.28. The number of aryl methyl sites for hydroxylation is 2. The Morgan fingerprint density at radius 3 is 2.49 bits per heavy atom. The van der Waals surface area contributed by atoms with Crippen molar-refractivity contribution in [3.05, 3.63) is 69.4 Å². The summed E-state index contributed by atoms with van der Waals surface area (Å²) in [6, 6.07) is 10.6. The fourth-order valence-electron chi connectivity index (χ4n) is 3.49. The Balaban J connectivity index is 1.49. The zero-order valence-electron chi connectivity index (χ0n) is 20.0. The van der Waals surface area contributed by atoms with Crippen LogP contribution in [-0.4, -0.2) is 57.0 Å². The first-order chi connectivity index (χ1) is 16.5. The van der Waals surface area contributed by atoms with Crippen LogP contribution in [0.1, 0.15) is 51.8 Å². The molecule has 2 aromatic heterocycles. The number of likely N-dealkylation sites (N-methyl/N-ethyl adjacent to an activating group) is 1. The number of nitrogens with zero attached hydrogens (tertiary/aromatic N) is 5. The SMILES string of the molecule is Cc1cc(C(F)(F)F)nn1CC(=O)N(C)CCCc1nc(C(=O)N(C)[C@H](C)c2ccccc2)cs1. The maximum atomic E-state index is 12.8. The van der Waals surface area contributed by atoms with Crippen molar-refractivity contribution in [1.29, 1.82) is 0 Å². The number of thiazole rings is 1. The largest absolute Gasteiger partial charge is 0.435 e. The molecule has 2 heterocycles. The summed E-state index contributed by atoms with van der Waals surface area (Å²) in [6.07, 6.45) is -3.37. The second-order valence-corrected chi connectivity index (χ2v) is 9.32. The van der Waals surface area contributed by atoms with Gasteiger partial charge < -0.3 is 9.80 Å². The van der Waals surface area contributed by atoms with E-state index in [-0.39, 0.29) is 30.1 Å². The molecule has 0 aliphatic heterocycles. The summed E-state index contributed by atoms with van der Waals surface area (Å²) in [5, 5.41) is 6.02. The molecule has 0 fully saturated rings. The zero-order valence-corrected chi connectivity index (χ0v) is 20.9. The van der Waals surface area contributed by atoms with E-state index in [1.807, 2.05) is 37.3 Å². The first-order valence-electron chi connectivity index (χ1n) is 11.1. The number of hydrogen-bond acceptors (Lipinski definition) is 5. The van der Waals surface area contributed by atoms with Crippen molar-refractivity contribution in [2.45, 2.75) is 45.5 Å². The van der Waals surface area contributed by atoms with Crippen LogP contribution in [0.5, 0.6) is 0 Å². The minimum atomic E-state index is -4.55. The van der Waals surface area contributed by atoms with Crippen LogP contribution in [-0.2, 0) is 23.9 Å². The third kappa shape index (κ3) is 6.68. The quantitative estimate of drug-likeness (QED) is 0.425. The van der Waals surface area contributed by atoms with E-state index in [1.165, 1.54) is 23.2 Å². The fraction of sp³-hybridized carbons (Fsp3) is 0.417. The molecule has 0 aliphatic rings. The summed E-state index contributed by atoms with van der Waals surface area (Å²) in [5.74, 6) is -0.500. The molecule has 2 amide bonds. The molecular weight excluding hydrogens is 479 g/mol. The molecule has 1 aromatic carbocycles. The zero-order chi connectivity index (χ0) is 25.8. The molecule has 0 bridgehead atoms. The van der Waals surface area contributed by atoms with Crippen LogP contribution in [0.15, 0.2) is 41.8 Å². The maximum Gasteiger partial charge on any atom is 0.435 e. The highest BCUT2D eigenvalue weighted by Gasteiger charge is 2.34. The van der Waals surface area contributed by atoms with Crippen LogP contribution in [0, 0.1) is 6.92 Å². The van der Waals surface area contributed by atoms with Crippen LogP contribution in [0.25, 0.3) is 0 Å². The lowest BCUT2D eigenvalue weighted by Gasteiger charge is -2.24. The minimum absolute atomic E-state index is 0.0980. The summed E-state index contributed by atoms with van der Waals surface area (Å²) in [5.41, 5.74) is 0.676. The predicted molar refractivity (Wildman–Crippen MR) is 127 cm³/mol. The topological polar surface area (TPSA) is 71.3 Å². The number of alkyl halides is 3. The Bertz CT molecular complexity index is 1160. The van der Waals surface area contributed by atoms with Gasteiger partial charge in [-0.05, 0) is 31.9 Å². The van der Waals surface area contributed by atoms with Crippen molar-refractivity contribution in [3.63, 3.8) is 0 Å². The van der Waals surface area contributed by atoms with Gasteiger partial charge in [-0.15, -0.1) is 11.3 Å². The van der Waals surface area contributed by atoms with E-state index in [0.29, 0.717) is 25.1 Å². The fourth-order valence-corrected chi connectivity index (χ4v) is 4.30. The minimum Gasteiger partial charge on any atom is -0.344 e. The number of carbonyl (C=O) groups is 2. The molecule has 35 heavy (non-hydrogen) atoms. The number of benzene rings is 1. The highest BCUT2D eigenvalue weighted by atomic mass is 32.1. The number of rotatable bonds is 9. The molecule has 0 saturated carbocycles. The van der Waals surface area contributed by atoms with E-state index < -0.39 is 11.9 Å². The lowest BCUT2D eigenvalue weighted by molar-refractivity contribution is -0.142. The third-order valence-electron chi connectivity index (χ3n) is 5.82. The van der Waals surface area contributed by atoms with Crippen molar-refractivity contribution in [1.82, 2.24) is 24.6 Å². The van der Waals surface area contributed by atoms with Gasteiger partial charge in [-0.2, -0.15) is 18.3 Å². The van der Waals surface area contributed by atoms with E-state index in [2.05, 4.69) is 10.1 Å². The van der Waals surface area contributed by atoms with Crippen LogP contribution in [0.3, 0.4) is 0 Å². The predicted octanol–water partition coefficient (Wildman–Crippen LogP) is 4.59. The molecule has 11 heteroatoms. The van der Waals surface area contributed by atoms with Crippen LogP contribution in [0.2, 0.25) is 0 Å². The van der Waals surface area contributed by atoms with Gasteiger partial charge in [0.25, 0.3) is 5.91 Å². The number of aromatic nitrogens is 3. The third-order valence-corrected chi connectivity index (χ3v) is 6.73. The van der Waals surface area contributed by atoms with Gasteiger partial charge in [-0.3, -0.25) is 14.3 Å². The number of carbonyl (C=O) groups excluding carboxylic acids is 2. The maximum absolute atomic E-state index is 12.8. The molecule has 7 nitrogen and oxygen atoms in total. The van der Waals surface area contributed by atoms with E-state index >= 15 is 0 Å². The lowest BCUT2D eigenvalue weighted by Crippen LogP contribution is -2.32. The second kappa shape index (κ2) is 11.0. The molecule has 3 aromatic rings. The first kappa shape index (κ1) is 26.4. The van der Waals surface area contributed by atoms with E-state index in [0.717, 1.165) is 21.3 Å². The average Bonchev–Trinajstić information content (AvgIpc) is 3.45. The molecule has 188 valence electrons. The summed E-state index contributed by atoms with van der Waals surface area (Å²) < 4.78 is 39.5. The van der Waals surface area contributed by atoms with E-state index in [9.17, 15) is 22.8 Å². The van der Waals surface area contributed by atoms with Crippen molar-refractivity contribution in [3.8, 4) is 0 Å². The summed E-state index contributed by atoms with van der Waals surface area (Å²) >= 11 is 1.39. The Kier molecular flexibility index (Phi) is 8.31. The molecule has 0 saturated heterocycles. The van der Waals surface area contributed by atoms with Crippen LogP contribution < -0.4 is 0 Å². The Hall–Kier alpha value is -3.21. The molecule has 0 unspecified atom stereocenters. The van der Waals surface area contributed by atoms with Crippen molar-refractivity contribution in [2.24, 2.45) is 0 Å². The van der Waals surface area contributed by atoms with Gasteiger partial charge in [0.1, 0.15) is 12.2 Å². The Morgan fingerprint density at radius 1 is 1.17 bits per heavy atom. The van der Waals surface area contributed by atoms with Crippen LogP contribution in [0.4, 0.5) is 13.2 Å². The van der Waals surface area contributed by atoms with Gasteiger partial charge in [0.05, 0.1) is 11.0 Å². The van der Waals surface area contributed by atoms with Crippen LogP contribution >= 0.6 is 11.3 Å². The van der Waals surface area contributed by atoms with Crippen molar-refractivity contribution in [2.75, 3.05) is 20.6 Å². The van der Waals surface area contributed by atoms with Gasteiger partial charge in [0.15, 0.2) is 5.69 Å².